The second kappa shape index (κ2) is 19.2. The Labute approximate surface area is 407 Å². The van der Waals surface area contributed by atoms with Crippen LogP contribution in [0.1, 0.15) is 27.0 Å². The number of carbonyl (C=O) groups excluding carboxylic acids is 1. The molecule has 32 heteroatoms. The Morgan fingerprint density at radius 1 is 0.535 bits per heavy atom. The van der Waals surface area contributed by atoms with Gasteiger partial charge in [-0.25, -0.2) is 0 Å². The number of anilines is 7. The highest BCUT2D eigenvalue weighted by atomic mass is 35.5. The normalized spacial score (nSPS) is 14.0. The molecule has 0 aliphatic heterocycles. The molecule has 0 saturated carbocycles. The summed E-state index contributed by atoms with van der Waals surface area (Å²) in [7, 11) is -25.8. The van der Waals surface area contributed by atoms with E-state index in [1.54, 1.807) is 25.1 Å². The molecule has 1 aromatic heterocycles. The number of halogens is 1. The van der Waals surface area contributed by atoms with Crippen molar-refractivity contribution in [3.63, 3.8) is 0 Å². The highest BCUT2D eigenvalue weighted by Gasteiger charge is 2.36. The maximum atomic E-state index is 14.1. The zero-order valence-electron chi connectivity index (χ0n) is 35.6. The Bertz CT molecular complexity index is 3920. The fourth-order valence-electron chi connectivity index (χ4n) is 6.52. The number of carbonyl (C=O) groups is 1. The van der Waals surface area contributed by atoms with Crippen molar-refractivity contribution in [1.82, 2.24) is 15.0 Å². The quantitative estimate of drug-likeness (QED) is 0.0294. The van der Waals surface area contributed by atoms with Crippen molar-refractivity contribution >= 4 is 131 Å². The monoisotopic (exact) mass is 1090 g/mol. The van der Waals surface area contributed by atoms with Gasteiger partial charge in [0.2, 0.25) is 23.0 Å². The Kier molecular flexibility index (Phi) is 14.0. The maximum Gasteiger partial charge on any atom is 0.296 e. The molecule has 0 spiro atoms. The number of Topliss-reactive ketones (excluding diaryl/α,β-unsaturated/α-hetero) is 1. The zero-order chi connectivity index (χ0) is 52.0. The lowest BCUT2D eigenvalue weighted by Crippen LogP contribution is -2.28. The molecule has 0 amide bonds. The minimum Gasteiger partial charge on any atom is -0.355 e. The Balaban J connectivity index is 1.23. The van der Waals surface area contributed by atoms with E-state index in [-0.39, 0.29) is 39.9 Å². The van der Waals surface area contributed by atoms with Gasteiger partial charge in [-0.1, -0.05) is 24.3 Å². The van der Waals surface area contributed by atoms with Crippen LogP contribution >= 0.6 is 11.6 Å². The number of hydrogen-bond donors (Lipinski definition) is 9. The summed E-state index contributed by atoms with van der Waals surface area (Å²) in [5.74, 6) is -1.60. The van der Waals surface area contributed by atoms with Crippen molar-refractivity contribution in [2.24, 2.45) is 15.3 Å². The largest absolute Gasteiger partial charge is 0.355 e. The summed E-state index contributed by atoms with van der Waals surface area (Å²) in [6.07, 6.45) is 0.609. The van der Waals surface area contributed by atoms with Crippen molar-refractivity contribution < 1.29 is 69.6 Å². The van der Waals surface area contributed by atoms with Gasteiger partial charge in [0.1, 0.15) is 20.4 Å². The fourth-order valence-corrected chi connectivity index (χ4v) is 9.68. The van der Waals surface area contributed by atoms with Gasteiger partial charge in [-0.2, -0.15) is 67.3 Å². The molecule has 6 aromatic rings. The summed E-state index contributed by atoms with van der Waals surface area (Å²) >= 11 is 6.12. The first-order valence-electron chi connectivity index (χ1n) is 19.2. The van der Waals surface area contributed by atoms with E-state index in [1.807, 2.05) is 5.43 Å². The SMILES string of the molecule is Cc1cc(Nc2nc(Cl)nc(Nc3cccc(S(=O)(=O)O)c3)n2)c(C)cc1N=Nc1cc(S(=O)(=O)O)c(N/N=C2/C(=O)c3c(cc(S(=O)(=O)O)cc3Nc3ccccc3)C=C2S(=O)(=O)O)cc1S(=O)(=O)O. The molecule has 1 heterocycles. The van der Waals surface area contributed by atoms with Gasteiger partial charge >= 0.3 is 0 Å². The highest BCUT2D eigenvalue weighted by molar-refractivity contribution is 7.91. The maximum absolute atomic E-state index is 14.1. The third kappa shape index (κ3) is 12.1. The van der Waals surface area contributed by atoms with Crippen molar-refractivity contribution in [3.05, 3.63) is 123 Å². The van der Waals surface area contributed by atoms with E-state index >= 15 is 0 Å². The third-order valence-corrected chi connectivity index (χ3v) is 14.2. The number of para-hydroxylation sites is 1. The molecule has 1 aliphatic rings. The lowest BCUT2D eigenvalue weighted by molar-refractivity contribution is 0.106. The Hall–Kier alpha value is -7.17. The number of allylic oxidation sites excluding steroid dienone is 1. The van der Waals surface area contributed by atoms with Crippen LogP contribution in [0.25, 0.3) is 6.08 Å². The number of fused-ring (bicyclic) bond motifs is 1. The van der Waals surface area contributed by atoms with Gasteiger partial charge in [0.15, 0.2) is 5.71 Å². The first-order valence-corrected chi connectivity index (χ1v) is 26.8. The van der Waals surface area contributed by atoms with Gasteiger partial charge in [0.25, 0.3) is 50.6 Å². The summed E-state index contributed by atoms with van der Waals surface area (Å²) in [4.78, 5) is 21.4. The van der Waals surface area contributed by atoms with E-state index in [0.717, 1.165) is 24.3 Å². The molecular weight excluding hydrogens is 1060 g/mol. The fraction of sp³-hybridized carbons (Fsp3) is 0.0513. The minimum absolute atomic E-state index is 0.0385. The van der Waals surface area contributed by atoms with Crippen LogP contribution in [0.3, 0.4) is 0 Å². The first kappa shape index (κ1) is 51.7. The minimum atomic E-state index is -5.47. The smallest absolute Gasteiger partial charge is 0.296 e. The molecule has 5 aromatic carbocycles. The number of nitrogens with zero attached hydrogens (tertiary/aromatic N) is 6. The van der Waals surface area contributed by atoms with Crippen molar-refractivity contribution in [2.45, 2.75) is 33.4 Å². The number of nitrogens with one attached hydrogen (secondary N) is 4. The van der Waals surface area contributed by atoms with Crippen LogP contribution in [0.5, 0.6) is 0 Å². The van der Waals surface area contributed by atoms with E-state index in [4.69, 9.17) is 11.6 Å². The van der Waals surface area contributed by atoms with Crippen LogP contribution < -0.4 is 21.4 Å². The standard InChI is InChI=1S/C39H31ClN10O16S5/c1-19-12-27(20(2)11-26(19)43-39-45-37(40)44-38(46-39)42-23-9-6-10-24(15-23)67(52,53)54)47-48-28-17-32(70(61,62)63)29(18-31(28)69(58,59)60)49-50-35-33(71(64,65)66)14-21-13-25(68(55,56)57)16-30(34(21)36(35)51)41-22-7-4-3-5-8-22/h3-18,41,49H,1-2H3,(H,52,53,54)(H,55,56,57)(H,58,59,60)(H,61,62,63)(H,64,65,66)(H2,42,43,44,45,46)/b48-47?,50-35+. The highest BCUT2D eigenvalue weighted by Crippen LogP contribution is 2.38. The van der Waals surface area contributed by atoms with Crippen LogP contribution in [0.4, 0.5) is 51.7 Å². The van der Waals surface area contributed by atoms with Crippen LogP contribution in [-0.4, -0.2) is 91.3 Å². The van der Waals surface area contributed by atoms with E-state index in [9.17, 15) is 69.6 Å². The average Bonchev–Trinajstić information content (AvgIpc) is 3.25. The first-order chi connectivity index (χ1) is 32.9. The average molecular weight is 1090 g/mol. The third-order valence-electron chi connectivity index (χ3n) is 9.69. The summed E-state index contributed by atoms with van der Waals surface area (Å²) < 4.78 is 174. The van der Waals surface area contributed by atoms with Gasteiger partial charge in [-0.3, -0.25) is 33.0 Å². The molecule has 0 unspecified atom stereocenters. The predicted octanol–water partition coefficient (Wildman–Crippen LogP) is 6.67. The van der Waals surface area contributed by atoms with Crippen LogP contribution in [0.15, 0.2) is 131 Å². The zero-order valence-corrected chi connectivity index (χ0v) is 40.4. The van der Waals surface area contributed by atoms with Gasteiger partial charge in [-0.15, -0.1) is 5.11 Å². The number of hydrogen-bond acceptors (Lipinski definition) is 21. The lowest BCUT2D eigenvalue weighted by Gasteiger charge is -2.21. The molecule has 26 nitrogen and oxygen atoms in total. The van der Waals surface area contributed by atoms with E-state index in [2.05, 4.69) is 46.2 Å². The lowest BCUT2D eigenvalue weighted by atomic mass is 9.92. The number of aryl methyl sites for hydroxylation is 2. The van der Waals surface area contributed by atoms with E-state index in [1.165, 1.54) is 43.3 Å². The van der Waals surface area contributed by atoms with E-state index in [0.29, 0.717) is 35.0 Å². The number of hydrazone groups is 1. The number of ketones is 1. The molecule has 370 valence electrons. The molecular formula is C39H31ClN10O16S5. The van der Waals surface area contributed by atoms with Gasteiger partial charge in [0, 0.05) is 17.1 Å². The van der Waals surface area contributed by atoms with Crippen LogP contribution in [-0.2, 0) is 50.6 Å². The molecule has 7 rings (SSSR count). The van der Waals surface area contributed by atoms with Gasteiger partial charge in [-0.05, 0) is 115 Å². The molecule has 9 N–H and O–H groups in total. The molecule has 0 fully saturated rings. The molecule has 0 radical (unpaired) electrons. The number of rotatable bonds is 15. The molecule has 0 bridgehead atoms. The van der Waals surface area contributed by atoms with Crippen molar-refractivity contribution in [2.75, 3.05) is 21.4 Å². The van der Waals surface area contributed by atoms with Crippen LogP contribution in [0.2, 0.25) is 5.28 Å². The van der Waals surface area contributed by atoms with Gasteiger partial charge < -0.3 is 16.0 Å². The predicted molar refractivity (Wildman–Crippen MR) is 255 cm³/mol. The summed E-state index contributed by atoms with van der Waals surface area (Å²) in [6, 6.07) is 18.1. The number of aromatic nitrogens is 3. The van der Waals surface area contributed by atoms with Crippen LogP contribution in [0, 0.1) is 13.8 Å². The molecule has 0 saturated heterocycles. The molecule has 1 aliphatic carbocycles. The topological polar surface area (TPSA) is 413 Å². The van der Waals surface area contributed by atoms with Crippen molar-refractivity contribution in [1.29, 1.82) is 0 Å². The second-order valence-electron chi connectivity index (χ2n) is 14.7. The summed E-state index contributed by atoms with van der Waals surface area (Å²) in [6.45, 7) is 3.11. The van der Waals surface area contributed by atoms with Crippen molar-refractivity contribution in [3.8, 4) is 0 Å². The Morgan fingerprint density at radius 2 is 1.15 bits per heavy atom. The summed E-state index contributed by atoms with van der Waals surface area (Å²) in [5, 5.41) is 19.7. The Morgan fingerprint density at radius 3 is 1.77 bits per heavy atom. The number of benzene rings is 5. The van der Waals surface area contributed by atoms with E-state index < -0.39 is 109 Å². The number of azo groups is 1. The molecule has 71 heavy (non-hydrogen) atoms. The van der Waals surface area contributed by atoms with Gasteiger partial charge in [0.05, 0.1) is 32.4 Å². The molecule has 0 atom stereocenters. The summed E-state index contributed by atoms with van der Waals surface area (Å²) in [5.41, 5.74) is -0.781. The second-order valence-corrected chi connectivity index (χ2v) is 22.1.